The van der Waals surface area contributed by atoms with Gasteiger partial charge in [-0.1, -0.05) is 79.2 Å². The van der Waals surface area contributed by atoms with Gasteiger partial charge in [-0.25, -0.2) is 9.36 Å². The van der Waals surface area contributed by atoms with Crippen LogP contribution in [0, 0.1) is 0 Å². The van der Waals surface area contributed by atoms with Crippen LogP contribution in [0.3, 0.4) is 0 Å². The predicted octanol–water partition coefficient (Wildman–Crippen LogP) is 6.06. The third kappa shape index (κ3) is 8.46. The summed E-state index contributed by atoms with van der Waals surface area (Å²) in [6, 6.07) is 18.2. The van der Waals surface area contributed by atoms with Gasteiger partial charge in [-0.2, -0.15) is 0 Å². The van der Waals surface area contributed by atoms with Crippen LogP contribution in [0.5, 0.6) is 0 Å². The van der Waals surface area contributed by atoms with Crippen molar-refractivity contribution < 1.29 is 32.4 Å². The van der Waals surface area contributed by atoms with Crippen molar-refractivity contribution in [2.75, 3.05) is 6.07 Å². The summed E-state index contributed by atoms with van der Waals surface area (Å²) in [4.78, 5) is 11.5. The van der Waals surface area contributed by atoms with Gasteiger partial charge < -0.3 is 9.47 Å². The molecule has 164 valence electrons. The minimum Gasteiger partial charge on any atom is -0.428 e. The summed E-state index contributed by atoms with van der Waals surface area (Å²) in [5.41, 5.74) is 1.63. The number of hydrogen-bond acceptors (Lipinski definition) is 7. The number of phosphoric acid groups is 1. The summed E-state index contributed by atoms with van der Waals surface area (Å²) < 4.78 is 40.0. The second-order valence-electron chi connectivity index (χ2n) is 6.34. The lowest BCUT2D eigenvalue weighted by atomic mass is 10.2. The number of benzene rings is 2. The molecular weight excluding hydrogens is 431 g/mol. The first-order valence-corrected chi connectivity index (χ1v) is 11.5. The molecule has 2 atom stereocenters. The number of phosphoric ester groups is 1. The van der Waals surface area contributed by atoms with Crippen LogP contribution in [0.25, 0.3) is 0 Å². The summed E-state index contributed by atoms with van der Waals surface area (Å²) in [7, 11) is -3.99. The molecule has 0 radical (unpaired) electrons. The van der Waals surface area contributed by atoms with Crippen molar-refractivity contribution in [3.8, 4) is 0 Å². The number of alkyl halides is 1. The molecule has 0 aliphatic heterocycles. The molecule has 0 unspecified atom stereocenters. The molecule has 0 aliphatic rings. The van der Waals surface area contributed by atoms with E-state index in [1.54, 1.807) is 13.8 Å². The van der Waals surface area contributed by atoms with Gasteiger partial charge in [0.1, 0.15) is 12.2 Å². The summed E-state index contributed by atoms with van der Waals surface area (Å²) in [5.74, 6) is 0. The van der Waals surface area contributed by atoms with Crippen LogP contribution in [0.1, 0.15) is 31.4 Å². The van der Waals surface area contributed by atoms with E-state index in [0.717, 1.165) is 11.1 Å². The van der Waals surface area contributed by atoms with Gasteiger partial charge in [-0.05, 0) is 24.5 Å². The first-order valence-electron chi connectivity index (χ1n) is 9.50. The number of ether oxygens (including phenoxy) is 2. The third-order valence-corrected chi connectivity index (χ3v) is 5.64. The van der Waals surface area contributed by atoms with Crippen LogP contribution in [-0.2, 0) is 40.8 Å². The molecule has 0 fully saturated rings. The van der Waals surface area contributed by atoms with E-state index >= 15 is 0 Å². The second kappa shape index (κ2) is 12.7. The predicted molar refractivity (Wildman–Crippen MR) is 113 cm³/mol. The average Bonchev–Trinajstić information content (AvgIpc) is 2.76. The van der Waals surface area contributed by atoms with Gasteiger partial charge in [-0.15, -0.1) is 0 Å². The topological polar surface area (TPSA) is 80.3 Å². The molecule has 2 aromatic carbocycles. The normalized spacial score (nSPS) is 13.4. The Morgan fingerprint density at radius 2 is 1.47 bits per heavy atom. The summed E-state index contributed by atoms with van der Waals surface area (Å²) in [5, 5.41) is 0. The molecule has 0 N–H and O–H groups in total. The lowest BCUT2D eigenvalue weighted by Gasteiger charge is -2.27. The number of rotatable bonds is 12. The molecule has 0 aliphatic carbocycles. The maximum atomic E-state index is 13.4. The van der Waals surface area contributed by atoms with Crippen LogP contribution >= 0.6 is 19.4 Å². The van der Waals surface area contributed by atoms with E-state index in [1.807, 2.05) is 60.7 Å². The molecule has 0 saturated carbocycles. The Bertz CT molecular complexity index is 756. The Hall–Kier alpha value is -1.89. The molecule has 0 aromatic heterocycles. The molecule has 0 heterocycles. The molecule has 0 amide bonds. The van der Waals surface area contributed by atoms with E-state index in [9.17, 15) is 9.36 Å². The average molecular weight is 457 g/mol. The van der Waals surface area contributed by atoms with E-state index in [-0.39, 0.29) is 19.3 Å². The Kier molecular flexibility index (Phi) is 10.3. The standard InChI is InChI=1S/C21H26ClO7P/c1-3-20(17(2)28-21(23)25-16-22)29-30(24,26-14-18-10-6-4-7-11-18)27-15-19-12-8-5-9-13-19/h4-13,17,20H,3,14-16H2,1-2H3/t17-,20-/m1/s1. The van der Waals surface area contributed by atoms with Gasteiger partial charge in [0.25, 0.3) is 0 Å². The quantitative estimate of drug-likeness (QED) is 0.218. The van der Waals surface area contributed by atoms with Crippen LogP contribution in [0.15, 0.2) is 60.7 Å². The fourth-order valence-electron chi connectivity index (χ4n) is 2.52. The van der Waals surface area contributed by atoms with E-state index < -0.39 is 26.2 Å². The Balaban J connectivity index is 2.09. The van der Waals surface area contributed by atoms with Crippen LogP contribution in [-0.4, -0.2) is 24.4 Å². The first kappa shape index (κ1) is 24.4. The van der Waals surface area contributed by atoms with Gasteiger partial charge in [-0.3, -0.25) is 13.6 Å². The highest BCUT2D eigenvalue weighted by Gasteiger charge is 2.34. The van der Waals surface area contributed by atoms with Crippen molar-refractivity contribution in [3.63, 3.8) is 0 Å². The van der Waals surface area contributed by atoms with Crippen molar-refractivity contribution in [2.45, 2.75) is 45.7 Å². The van der Waals surface area contributed by atoms with Crippen LogP contribution in [0.2, 0.25) is 0 Å². The maximum Gasteiger partial charge on any atom is 0.509 e. The smallest absolute Gasteiger partial charge is 0.428 e. The lowest BCUT2D eigenvalue weighted by molar-refractivity contribution is -0.0282. The van der Waals surface area contributed by atoms with Gasteiger partial charge in [0, 0.05) is 0 Å². The van der Waals surface area contributed by atoms with Crippen molar-refractivity contribution in [2.24, 2.45) is 0 Å². The SMILES string of the molecule is CC[C@@H](OP(=O)(OCc1ccccc1)OCc1ccccc1)[C@@H](C)OC(=O)OCCl. The first-order chi connectivity index (χ1) is 14.5. The van der Waals surface area contributed by atoms with Crippen molar-refractivity contribution >= 4 is 25.6 Å². The van der Waals surface area contributed by atoms with E-state index in [2.05, 4.69) is 4.74 Å². The maximum absolute atomic E-state index is 13.4. The Morgan fingerprint density at radius 3 is 1.90 bits per heavy atom. The molecule has 9 heteroatoms. The summed E-state index contributed by atoms with van der Waals surface area (Å²) >= 11 is 5.36. The number of hydrogen-bond donors (Lipinski definition) is 0. The van der Waals surface area contributed by atoms with Crippen LogP contribution < -0.4 is 0 Å². The monoisotopic (exact) mass is 456 g/mol. The van der Waals surface area contributed by atoms with Crippen molar-refractivity contribution in [3.05, 3.63) is 71.8 Å². The molecule has 0 saturated heterocycles. The summed E-state index contributed by atoms with van der Waals surface area (Å²) in [6.45, 7) is 3.47. The van der Waals surface area contributed by atoms with E-state index in [1.165, 1.54) is 0 Å². The molecule has 7 nitrogen and oxygen atoms in total. The van der Waals surface area contributed by atoms with E-state index in [0.29, 0.717) is 6.42 Å². The Morgan fingerprint density at radius 1 is 0.967 bits per heavy atom. The number of halogens is 1. The molecule has 0 spiro atoms. The zero-order chi connectivity index (χ0) is 21.8. The van der Waals surface area contributed by atoms with Crippen molar-refractivity contribution in [1.82, 2.24) is 0 Å². The molecule has 0 bridgehead atoms. The highest BCUT2D eigenvalue weighted by Crippen LogP contribution is 2.52. The fraction of sp³-hybridized carbons (Fsp3) is 0.381. The van der Waals surface area contributed by atoms with Gasteiger partial charge in [0.15, 0.2) is 6.07 Å². The highest BCUT2D eigenvalue weighted by atomic mass is 35.5. The zero-order valence-electron chi connectivity index (χ0n) is 16.9. The van der Waals surface area contributed by atoms with Gasteiger partial charge in [0.05, 0.1) is 13.2 Å². The van der Waals surface area contributed by atoms with Crippen molar-refractivity contribution in [1.29, 1.82) is 0 Å². The van der Waals surface area contributed by atoms with Crippen LogP contribution in [0.4, 0.5) is 4.79 Å². The third-order valence-electron chi connectivity index (χ3n) is 4.11. The van der Waals surface area contributed by atoms with Gasteiger partial charge in [0.2, 0.25) is 0 Å². The number of carbonyl (C=O) groups excluding carboxylic acids is 1. The van der Waals surface area contributed by atoms with Gasteiger partial charge >= 0.3 is 14.0 Å². The Labute approximate surface area is 181 Å². The fourth-order valence-corrected chi connectivity index (χ4v) is 4.07. The largest absolute Gasteiger partial charge is 0.509 e. The highest BCUT2D eigenvalue weighted by molar-refractivity contribution is 7.48. The zero-order valence-corrected chi connectivity index (χ0v) is 18.6. The summed E-state index contributed by atoms with van der Waals surface area (Å²) in [6.07, 6.45) is -2.06. The molecule has 2 aromatic rings. The second-order valence-corrected chi connectivity index (χ2v) is 8.18. The minimum atomic E-state index is -3.99. The molecular formula is C21H26ClO7P. The minimum absolute atomic E-state index is 0.0346. The van der Waals surface area contributed by atoms with E-state index in [4.69, 9.17) is 29.9 Å². The molecule has 30 heavy (non-hydrogen) atoms. The lowest BCUT2D eigenvalue weighted by Crippen LogP contribution is -2.30. The molecule has 2 rings (SSSR count). The number of carbonyl (C=O) groups is 1.